The molecule has 3 rings (SSSR count). The Bertz CT molecular complexity index is 950. The second kappa shape index (κ2) is 6.82. The Morgan fingerprint density at radius 1 is 1.23 bits per heavy atom. The van der Waals surface area contributed by atoms with E-state index in [4.69, 9.17) is 4.74 Å². The number of sulfone groups is 1. The van der Waals surface area contributed by atoms with Crippen molar-refractivity contribution in [2.75, 3.05) is 13.2 Å². The van der Waals surface area contributed by atoms with Crippen LogP contribution in [0, 0.1) is 29.5 Å². The molecular formula is C20H20FNO3S. The maximum Gasteiger partial charge on any atom is 0.183 e. The van der Waals surface area contributed by atoms with Crippen LogP contribution in [0.4, 0.5) is 4.39 Å². The number of hydrogen-bond donors (Lipinski definition) is 0. The van der Waals surface area contributed by atoms with E-state index < -0.39 is 32.2 Å². The summed E-state index contributed by atoms with van der Waals surface area (Å²) in [5.41, 5.74) is 0.238. The number of nitrogens with zero attached hydrogens (tertiary/aromatic N) is 1. The lowest BCUT2D eigenvalue weighted by molar-refractivity contribution is 0.117. The van der Waals surface area contributed by atoms with E-state index in [0.29, 0.717) is 12.2 Å². The average molecular weight is 373 g/mol. The van der Waals surface area contributed by atoms with E-state index in [1.54, 1.807) is 37.3 Å². The first kappa shape index (κ1) is 18.6. The van der Waals surface area contributed by atoms with Crippen molar-refractivity contribution in [2.45, 2.75) is 29.9 Å². The molecule has 1 aliphatic rings. The summed E-state index contributed by atoms with van der Waals surface area (Å²) in [6.45, 7) is 4.03. The molecule has 136 valence electrons. The van der Waals surface area contributed by atoms with Gasteiger partial charge in [-0.3, -0.25) is 0 Å². The lowest BCUT2D eigenvalue weighted by atomic mass is 10.0. The van der Waals surface area contributed by atoms with Gasteiger partial charge in [0.1, 0.15) is 11.2 Å². The molecule has 1 fully saturated rings. The Morgan fingerprint density at radius 3 is 2.50 bits per heavy atom. The van der Waals surface area contributed by atoms with Crippen molar-refractivity contribution in [1.82, 2.24) is 0 Å². The van der Waals surface area contributed by atoms with E-state index in [-0.39, 0.29) is 11.5 Å². The molecule has 0 aromatic heterocycles. The van der Waals surface area contributed by atoms with Crippen molar-refractivity contribution < 1.29 is 17.5 Å². The van der Waals surface area contributed by atoms with Crippen molar-refractivity contribution >= 4 is 9.84 Å². The number of benzene rings is 2. The first-order valence-electron chi connectivity index (χ1n) is 8.42. The minimum Gasteiger partial charge on any atom is -0.380 e. The monoisotopic (exact) mass is 373 g/mol. The maximum atomic E-state index is 13.7. The summed E-state index contributed by atoms with van der Waals surface area (Å²) in [5, 5.41) is 8.86. The highest BCUT2D eigenvalue weighted by atomic mass is 32.2. The van der Waals surface area contributed by atoms with E-state index in [2.05, 4.69) is 6.07 Å². The van der Waals surface area contributed by atoms with Gasteiger partial charge >= 0.3 is 0 Å². The van der Waals surface area contributed by atoms with Gasteiger partial charge in [0.2, 0.25) is 0 Å². The largest absolute Gasteiger partial charge is 0.380 e. The molecule has 2 aromatic carbocycles. The number of hydrogen-bond acceptors (Lipinski definition) is 4. The number of halogens is 1. The molecule has 1 saturated carbocycles. The summed E-state index contributed by atoms with van der Waals surface area (Å²) in [6.07, 6.45) is 0. The van der Waals surface area contributed by atoms with Gasteiger partial charge in [-0.1, -0.05) is 29.8 Å². The number of ether oxygens (including phenoxy) is 1. The predicted octanol–water partition coefficient (Wildman–Crippen LogP) is 3.62. The molecule has 0 bridgehead atoms. The minimum absolute atomic E-state index is 0.00304. The zero-order valence-corrected chi connectivity index (χ0v) is 15.5. The molecule has 0 saturated heterocycles. The van der Waals surface area contributed by atoms with Gasteiger partial charge in [0.05, 0.1) is 22.8 Å². The van der Waals surface area contributed by atoms with Gasteiger partial charge in [0, 0.05) is 12.5 Å². The zero-order chi connectivity index (χ0) is 18.9. The average Bonchev–Trinajstić information content (AvgIpc) is 3.31. The highest BCUT2D eigenvalue weighted by molar-refractivity contribution is 7.92. The molecule has 0 heterocycles. The lowest BCUT2D eigenvalue weighted by Crippen LogP contribution is -2.19. The lowest BCUT2D eigenvalue weighted by Gasteiger charge is -2.10. The second-order valence-corrected chi connectivity index (χ2v) is 8.67. The highest BCUT2D eigenvalue weighted by Gasteiger charge is 2.72. The summed E-state index contributed by atoms with van der Waals surface area (Å²) in [6, 6.07) is 14.5. The van der Waals surface area contributed by atoms with Crippen molar-refractivity contribution in [3.05, 3.63) is 65.5 Å². The van der Waals surface area contributed by atoms with E-state index in [1.807, 2.05) is 6.92 Å². The quantitative estimate of drug-likeness (QED) is 0.776. The second-order valence-electron chi connectivity index (χ2n) is 6.60. The molecule has 0 N–H and O–H groups in total. The zero-order valence-electron chi connectivity index (χ0n) is 14.6. The number of aryl methyl sites for hydroxylation is 1. The molecule has 0 aliphatic heterocycles. The molecule has 4 nitrogen and oxygen atoms in total. The fourth-order valence-corrected chi connectivity index (χ4v) is 5.83. The summed E-state index contributed by atoms with van der Waals surface area (Å²) in [4.78, 5) is 0.170. The summed E-state index contributed by atoms with van der Waals surface area (Å²) >= 11 is 0. The van der Waals surface area contributed by atoms with Crippen LogP contribution in [0.2, 0.25) is 0 Å². The third-order valence-corrected chi connectivity index (χ3v) is 7.19. The fourth-order valence-electron chi connectivity index (χ4n) is 3.52. The third-order valence-electron chi connectivity index (χ3n) is 4.90. The van der Waals surface area contributed by atoms with Crippen LogP contribution in [-0.2, 0) is 14.6 Å². The SMILES string of the molecule is CCOC[C@@]1(C#N)[C@@H](c2cccc(F)c2)[C@@H]1S(=O)(=O)c1ccc(C)cc1. The third kappa shape index (κ3) is 3.02. The Hall–Kier alpha value is -2.23. The van der Waals surface area contributed by atoms with Gasteiger partial charge in [0.25, 0.3) is 0 Å². The van der Waals surface area contributed by atoms with Crippen molar-refractivity contribution in [2.24, 2.45) is 5.41 Å². The van der Waals surface area contributed by atoms with Crippen LogP contribution in [0.1, 0.15) is 24.0 Å². The Morgan fingerprint density at radius 2 is 1.92 bits per heavy atom. The van der Waals surface area contributed by atoms with E-state index >= 15 is 0 Å². The molecule has 0 unspecified atom stereocenters. The van der Waals surface area contributed by atoms with E-state index in [1.165, 1.54) is 18.2 Å². The normalized spacial score (nSPS) is 24.8. The number of rotatable bonds is 6. The predicted molar refractivity (Wildman–Crippen MR) is 95.8 cm³/mol. The molecule has 0 amide bonds. The van der Waals surface area contributed by atoms with Crippen LogP contribution in [0.5, 0.6) is 0 Å². The van der Waals surface area contributed by atoms with Crippen LogP contribution < -0.4 is 0 Å². The van der Waals surface area contributed by atoms with Crippen LogP contribution in [0.15, 0.2) is 53.4 Å². The van der Waals surface area contributed by atoms with E-state index in [9.17, 15) is 18.1 Å². The molecular weight excluding hydrogens is 353 g/mol. The molecule has 0 radical (unpaired) electrons. The Labute approximate surface area is 153 Å². The highest BCUT2D eigenvalue weighted by Crippen LogP contribution is 2.63. The van der Waals surface area contributed by atoms with Gasteiger partial charge < -0.3 is 4.74 Å². The van der Waals surface area contributed by atoms with Crippen molar-refractivity contribution in [3.63, 3.8) is 0 Å². The Kier molecular flexibility index (Phi) is 4.87. The minimum atomic E-state index is -3.77. The standard InChI is InChI=1S/C20H20FNO3S/c1-3-25-13-20(12-22)18(15-5-4-6-16(21)11-15)19(20)26(23,24)17-9-7-14(2)8-10-17/h4-11,18-19H,3,13H2,1-2H3/t18-,19-,20-/m0/s1. The van der Waals surface area contributed by atoms with Crippen molar-refractivity contribution in [1.29, 1.82) is 5.26 Å². The molecule has 2 aromatic rings. The van der Waals surface area contributed by atoms with Crippen LogP contribution in [-0.4, -0.2) is 26.9 Å². The van der Waals surface area contributed by atoms with Crippen molar-refractivity contribution in [3.8, 4) is 6.07 Å². The Balaban J connectivity index is 2.07. The van der Waals surface area contributed by atoms with Crippen LogP contribution in [0.25, 0.3) is 0 Å². The topological polar surface area (TPSA) is 67.2 Å². The molecule has 6 heteroatoms. The number of nitriles is 1. The molecule has 26 heavy (non-hydrogen) atoms. The summed E-state index contributed by atoms with van der Waals surface area (Å²) in [7, 11) is -3.77. The van der Waals surface area contributed by atoms with Gasteiger partial charge in [-0.15, -0.1) is 0 Å². The van der Waals surface area contributed by atoms with Gasteiger partial charge in [0.15, 0.2) is 9.84 Å². The summed E-state index contributed by atoms with van der Waals surface area (Å²) < 4.78 is 45.5. The summed E-state index contributed by atoms with van der Waals surface area (Å²) in [5.74, 6) is -1.08. The molecule has 1 aliphatic carbocycles. The van der Waals surface area contributed by atoms with Gasteiger partial charge in [-0.05, 0) is 43.7 Å². The van der Waals surface area contributed by atoms with Gasteiger partial charge in [-0.25, -0.2) is 12.8 Å². The molecule has 3 atom stereocenters. The first-order valence-corrected chi connectivity index (χ1v) is 9.96. The van der Waals surface area contributed by atoms with Crippen LogP contribution in [0.3, 0.4) is 0 Å². The molecule has 0 spiro atoms. The van der Waals surface area contributed by atoms with Crippen LogP contribution >= 0.6 is 0 Å². The van der Waals surface area contributed by atoms with E-state index in [0.717, 1.165) is 5.56 Å². The van der Waals surface area contributed by atoms with Gasteiger partial charge in [-0.2, -0.15) is 5.26 Å². The smallest absolute Gasteiger partial charge is 0.183 e. The fraction of sp³-hybridized carbons (Fsp3) is 0.350. The maximum absolute atomic E-state index is 13.7. The first-order chi connectivity index (χ1) is 12.4.